The second-order valence-electron chi connectivity index (χ2n) is 13.3. The number of hydrogen-bond donors (Lipinski definition) is 0. The number of nitrogens with zero attached hydrogens (tertiary/aromatic N) is 1. The maximum Gasteiger partial charge on any atom is 0.309 e. The highest BCUT2D eigenvalue weighted by Crippen LogP contribution is 2.23. The predicted molar refractivity (Wildman–Crippen MR) is 178 cm³/mol. The Kier molecular flexibility index (Phi) is 25.4. The Bertz CT molecular complexity index is 631. The van der Waals surface area contributed by atoms with Crippen molar-refractivity contribution in [1.29, 1.82) is 0 Å². The zero-order chi connectivity index (χ0) is 30.7. The van der Waals surface area contributed by atoms with Gasteiger partial charge in [0.25, 0.3) is 0 Å². The molecule has 0 aliphatic carbocycles. The van der Waals surface area contributed by atoms with E-state index in [0.29, 0.717) is 6.42 Å². The molecule has 0 aromatic rings. The van der Waals surface area contributed by atoms with Gasteiger partial charge in [-0.1, -0.05) is 117 Å². The fourth-order valence-corrected chi connectivity index (χ4v) is 6.18. The first-order valence-electron chi connectivity index (χ1n) is 18.6. The number of carbonyl (C=O) groups is 2. The van der Waals surface area contributed by atoms with E-state index in [1.54, 1.807) is 0 Å². The smallest absolute Gasteiger partial charge is 0.309 e. The molecule has 42 heavy (non-hydrogen) atoms. The van der Waals surface area contributed by atoms with Crippen LogP contribution < -0.4 is 0 Å². The minimum atomic E-state index is 0.00577. The summed E-state index contributed by atoms with van der Waals surface area (Å²) in [6.45, 7) is 8.70. The van der Waals surface area contributed by atoms with Gasteiger partial charge in [0.1, 0.15) is 12.2 Å². The molecule has 5 nitrogen and oxygen atoms in total. The molecule has 0 spiro atoms. The van der Waals surface area contributed by atoms with Gasteiger partial charge in [-0.15, -0.1) is 0 Å². The number of ether oxygens (including phenoxy) is 2. The van der Waals surface area contributed by atoms with E-state index in [9.17, 15) is 9.59 Å². The topological polar surface area (TPSA) is 55.8 Å². The van der Waals surface area contributed by atoms with Crippen molar-refractivity contribution in [3.63, 3.8) is 0 Å². The van der Waals surface area contributed by atoms with Crippen molar-refractivity contribution in [2.45, 2.75) is 200 Å². The van der Waals surface area contributed by atoms with Crippen LogP contribution in [0.3, 0.4) is 0 Å². The quantitative estimate of drug-likeness (QED) is 0.0667. The van der Waals surface area contributed by atoms with Crippen molar-refractivity contribution in [3.05, 3.63) is 0 Å². The molecule has 0 bridgehead atoms. The summed E-state index contributed by atoms with van der Waals surface area (Å²) in [6.07, 6.45) is 29.7. The molecule has 2 atom stereocenters. The Balaban J connectivity index is 2.26. The van der Waals surface area contributed by atoms with Gasteiger partial charge in [0.15, 0.2) is 0 Å². The van der Waals surface area contributed by atoms with Crippen LogP contribution in [0.25, 0.3) is 0 Å². The monoisotopic (exact) mass is 594 g/mol. The average Bonchev–Trinajstić information content (AvgIpc) is 2.98. The summed E-state index contributed by atoms with van der Waals surface area (Å²) >= 11 is 0. The van der Waals surface area contributed by atoms with Gasteiger partial charge in [0.2, 0.25) is 0 Å². The van der Waals surface area contributed by atoms with E-state index in [0.717, 1.165) is 83.7 Å². The predicted octanol–water partition coefficient (Wildman–Crippen LogP) is 10.6. The third-order valence-electron chi connectivity index (χ3n) is 9.18. The van der Waals surface area contributed by atoms with Crippen LogP contribution in [0.15, 0.2) is 0 Å². The molecule has 1 saturated heterocycles. The van der Waals surface area contributed by atoms with E-state index in [-0.39, 0.29) is 30.1 Å². The van der Waals surface area contributed by atoms with E-state index in [4.69, 9.17) is 9.47 Å². The largest absolute Gasteiger partial charge is 0.462 e. The van der Waals surface area contributed by atoms with Crippen LogP contribution >= 0.6 is 0 Å². The first-order valence-corrected chi connectivity index (χ1v) is 18.6. The van der Waals surface area contributed by atoms with E-state index in [1.807, 2.05) is 0 Å². The lowest BCUT2D eigenvalue weighted by molar-refractivity contribution is -0.156. The number of piperidine rings is 1. The van der Waals surface area contributed by atoms with Crippen LogP contribution in [0, 0.1) is 5.92 Å². The fraction of sp³-hybridized carbons (Fsp3) is 0.946. The summed E-state index contributed by atoms with van der Waals surface area (Å²) in [5, 5.41) is 0. The first kappa shape index (κ1) is 38.9. The summed E-state index contributed by atoms with van der Waals surface area (Å²) in [6, 6.07) is 0. The van der Waals surface area contributed by atoms with Crippen LogP contribution in [0.5, 0.6) is 0 Å². The number of hydrogen-bond acceptors (Lipinski definition) is 5. The highest BCUT2D eigenvalue weighted by Gasteiger charge is 2.26. The minimum Gasteiger partial charge on any atom is -0.462 e. The molecule has 1 rings (SSSR count). The molecule has 0 radical (unpaired) electrons. The van der Waals surface area contributed by atoms with Crippen molar-refractivity contribution in [1.82, 2.24) is 4.90 Å². The first-order chi connectivity index (χ1) is 20.5. The molecule has 5 heteroatoms. The van der Waals surface area contributed by atoms with Crippen LogP contribution in [-0.2, 0) is 19.1 Å². The molecule has 248 valence electrons. The Morgan fingerprint density at radius 2 is 0.976 bits per heavy atom. The zero-order valence-electron chi connectivity index (χ0n) is 28.6. The molecular formula is C37H71NO4. The second kappa shape index (κ2) is 27.4. The molecular weight excluding hydrogens is 522 g/mol. The fourth-order valence-electron chi connectivity index (χ4n) is 6.18. The van der Waals surface area contributed by atoms with Crippen LogP contribution in [0.2, 0.25) is 0 Å². The summed E-state index contributed by atoms with van der Waals surface area (Å²) in [5.74, 6) is 0.152. The molecule has 0 aromatic carbocycles. The lowest BCUT2D eigenvalue weighted by atomic mass is 9.97. The standard InChI is InChI=1S/C37H71NO4/c1-5-8-11-13-14-17-21-26-35(42-37(40)33-29-31-38(4)32-30-33)27-22-18-15-16-19-23-28-36(39)41-34(24-10-7-3)25-20-12-9-6-2/h33-35H,5-32H2,1-4H3. The third-order valence-corrected chi connectivity index (χ3v) is 9.18. The number of rotatable bonds is 28. The van der Waals surface area contributed by atoms with E-state index >= 15 is 0 Å². The van der Waals surface area contributed by atoms with Gasteiger partial charge in [0.05, 0.1) is 5.92 Å². The number of carbonyl (C=O) groups excluding carboxylic acids is 2. The lowest BCUT2D eigenvalue weighted by Gasteiger charge is -2.29. The van der Waals surface area contributed by atoms with Gasteiger partial charge in [-0.3, -0.25) is 9.59 Å². The van der Waals surface area contributed by atoms with Gasteiger partial charge >= 0.3 is 11.9 Å². The van der Waals surface area contributed by atoms with Gasteiger partial charge in [-0.05, 0) is 84.3 Å². The van der Waals surface area contributed by atoms with Gasteiger partial charge in [0, 0.05) is 6.42 Å². The molecule has 1 heterocycles. The Morgan fingerprint density at radius 3 is 1.50 bits per heavy atom. The highest BCUT2D eigenvalue weighted by molar-refractivity contribution is 5.72. The SMILES string of the molecule is CCCCCCCCCC(CCCCCCCCC(=O)OC(CCCC)CCCCCC)OC(=O)C1CCN(C)CC1. The van der Waals surface area contributed by atoms with Crippen molar-refractivity contribution >= 4 is 11.9 Å². The van der Waals surface area contributed by atoms with Crippen LogP contribution in [-0.4, -0.2) is 49.2 Å². The molecule has 0 aromatic heterocycles. The van der Waals surface area contributed by atoms with E-state index in [1.165, 1.54) is 89.9 Å². The average molecular weight is 594 g/mol. The number of esters is 2. The third kappa shape index (κ3) is 21.6. The number of likely N-dealkylation sites (tertiary alicyclic amines) is 1. The maximum absolute atomic E-state index is 12.9. The molecule has 0 amide bonds. The van der Waals surface area contributed by atoms with Crippen molar-refractivity contribution in [3.8, 4) is 0 Å². The Morgan fingerprint density at radius 1 is 0.571 bits per heavy atom. The van der Waals surface area contributed by atoms with Crippen molar-refractivity contribution in [2.24, 2.45) is 5.92 Å². The molecule has 1 aliphatic rings. The molecule has 0 saturated carbocycles. The molecule has 0 N–H and O–H groups in total. The van der Waals surface area contributed by atoms with Crippen LogP contribution in [0.4, 0.5) is 0 Å². The lowest BCUT2D eigenvalue weighted by Crippen LogP contribution is -2.35. The van der Waals surface area contributed by atoms with E-state index in [2.05, 4.69) is 32.7 Å². The molecule has 2 unspecified atom stereocenters. The van der Waals surface area contributed by atoms with Crippen molar-refractivity contribution < 1.29 is 19.1 Å². The van der Waals surface area contributed by atoms with Crippen molar-refractivity contribution in [2.75, 3.05) is 20.1 Å². The van der Waals surface area contributed by atoms with Gasteiger partial charge in [-0.25, -0.2) is 0 Å². The molecule has 1 fully saturated rings. The normalized spacial score (nSPS) is 15.9. The zero-order valence-corrected chi connectivity index (χ0v) is 28.6. The summed E-state index contributed by atoms with van der Waals surface area (Å²) in [4.78, 5) is 27.7. The number of unbranched alkanes of at least 4 members (excludes halogenated alkanes) is 15. The maximum atomic E-state index is 12.9. The van der Waals surface area contributed by atoms with E-state index < -0.39 is 0 Å². The summed E-state index contributed by atoms with van der Waals surface area (Å²) < 4.78 is 12.0. The Hall–Kier alpha value is -1.10. The molecule has 1 aliphatic heterocycles. The second-order valence-corrected chi connectivity index (χ2v) is 13.3. The summed E-state index contributed by atoms with van der Waals surface area (Å²) in [7, 11) is 2.14. The Labute approximate surface area is 261 Å². The minimum absolute atomic E-state index is 0.00577. The summed E-state index contributed by atoms with van der Waals surface area (Å²) in [5.41, 5.74) is 0. The van der Waals surface area contributed by atoms with Gasteiger partial charge in [-0.2, -0.15) is 0 Å². The highest BCUT2D eigenvalue weighted by atomic mass is 16.5. The van der Waals surface area contributed by atoms with Crippen LogP contribution in [0.1, 0.15) is 188 Å². The van der Waals surface area contributed by atoms with Gasteiger partial charge < -0.3 is 14.4 Å².